The van der Waals surface area contributed by atoms with Crippen LogP contribution in [0.3, 0.4) is 0 Å². The molecule has 1 aromatic heterocycles. The lowest BCUT2D eigenvalue weighted by molar-refractivity contribution is -0.917. The molecule has 0 fully saturated rings. The molecule has 0 aliphatic rings. The van der Waals surface area contributed by atoms with Gasteiger partial charge in [0.05, 0.1) is 18.8 Å². The SMILES string of the molecule is C=CCC[C@H](O)C[NH+](CCOC)Cc1cccn1Cc1ccccc1F. The van der Waals surface area contributed by atoms with E-state index < -0.39 is 0 Å². The molecule has 1 unspecified atom stereocenters. The summed E-state index contributed by atoms with van der Waals surface area (Å²) in [5, 5.41) is 10.3. The molecule has 2 rings (SSSR count). The number of aliphatic hydroxyl groups excluding tert-OH is 1. The average Bonchev–Trinajstić information content (AvgIpc) is 3.06. The first kappa shape index (κ1) is 20.4. The van der Waals surface area contributed by atoms with Crippen molar-refractivity contribution in [3.05, 3.63) is 72.3 Å². The first-order chi connectivity index (χ1) is 12.6. The van der Waals surface area contributed by atoms with Crippen LogP contribution in [0.15, 0.2) is 55.3 Å². The Labute approximate surface area is 155 Å². The third-order valence-corrected chi connectivity index (χ3v) is 4.54. The number of rotatable bonds is 12. The first-order valence-electron chi connectivity index (χ1n) is 9.13. The number of benzene rings is 1. The molecule has 0 radical (unpaired) electrons. The van der Waals surface area contributed by atoms with Crippen molar-refractivity contribution in [2.24, 2.45) is 0 Å². The van der Waals surface area contributed by atoms with Gasteiger partial charge in [0.1, 0.15) is 31.6 Å². The van der Waals surface area contributed by atoms with Crippen LogP contribution in [0.2, 0.25) is 0 Å². The number of ether oxygens (including phenoxy) is 1. The van der Waals surface area contributed by atoms with Gasteiger partial charge < -0.3 is 19.3 Å². The zero-order valence-electron chi connectivity index (χ0n) is 15.5. The molecule has 0 aliphatic carbocycles. The topological polar surface area (TPSA) is 38.8 Å². The summed E-state index contributed by atoms with van der Waals surface area (Å²) in [5.74, 6) is -0.185. The maximum absolute atomic E-state index is 14.0. The molecule has 26 heavy (non-hydrogen) atoms. The Morgan fingerprint density at radius 1 is 1.31 bits per heavy atom. The van der Waals surface area contributed by atoms with E-state index in [9.17, 15) is 9.50 Å². The van der Waals surface area contributed by atoms with Crippen molar-refractivity contribution in [3.63, 3.8) is 0 Å². The van der Waals surface area contributed by atoms with Gasteiger partial charge in [0.2, 0.25) is 0 Å². The number of allylic oxidation sites excluding steroid dienone is 1. The fourth-order valence-electron chi connectivity index (χ4n) is 3.09. The summed E-state index contributed by atoms with van der Waals surface area (Å²) in [6, 6.07) is 10.9. The number of halogens is 1. The molecule has 0 bridgehead atoms. The maximum Gasteiger partial charge on any atom is 0.128 e. The van der Waals surface area contributed by atoms with Crippen molar-refractivity contribution in [2.45, 2.75) is 32.0 Å². The van der Waals surface area contributed by atoms with Crippen molar-refractivity contribution >= 4 is 0 Å². The molecule has 0 aliphatic heterocycles. The highest BCUT2D eigenvalue weighted by molar-refractivity contribution is 5.19. The molecule has 142 valence electrons. The number of quaternary nitrogens is 1. The first-order valence-corrected chi connectivity index (χ1v) is 9.13. The van der Waals surface area contributed by atoms with Gasteiger partial charge in [0, 0.05) is 18.9 Å². The lowest BCUT2D eigenvalue weighted by atomic mass is 10.2. The van der Waals surface area contributed by atoms with Crippen LogP contribution < -0.4 is 4.90 Å². The van der Waals surface area contributed by atoms with Crippen LogP contribution in [-0.4, -0.2) is 42.6 Å². The van der Waals surface area contributed by atoms with Gasteiger partial charge in [0.25, 0.3) is 0 Å². The monoisotopic (exact) mass is 361 g/mol. The minimum atomic E-state index is -0.366. The van der Waals surface area contributed by atoms with Crippen LogP contribution in [0.25, 0.3) is 0 Å². The smallest absolute Gasteiger partial charge is 0.128 e. The van der Waals surface area contributed by atoms with Gasteiger partial charge in [-0.3, -0.25) is 0 Å². The normalized spacial score (nSPS) is 13.5. The zero-order chi connectivity index (χ0) is 18.8. The molecule has 2 aromatic rings. The summed E-state index contributed by atoms with van der Waals surface area (Å²) >= 11 is 0. The molecule has 0 saturated heterocycles. The van der Waals surface area contributed by atoms with E-state index in [1.807, 2.05) is 30.5 Å². The van der Waals surface area contributed by atoms with Gasteiger partial charge in [0.15, 0.2) is 0 Å². The molecular weight excluding hydrogens is 331 g/mol. The number of nitrogens with zero attached hydrogens (tertiary/aromatic N) is 1. The number of nitrogens with one attached hydrogen (secondary N) is 1. The summed E-state index contributed by atoms with van der Waals surface area (Å²) in [5.41, 5.74) is 1.80. The van der Waals surface area contributed by atoms with E-state index in [-0.39, 0.29) is 11.9 Å². The van der Waals surface area contributed by atoms with Crippen molar-refractivity contribution in [1.29, 1.82) is 0 Å². The predicted molar refractivity (Wildman–Crippen MR) is 102 cm³/mol. The molecule has 0 saturated carbocycles. The minimum Gasteiger partial charge on any atom is -0.387 e. The number of methoxy groups -OCH3 is 1. The van der Waals surface area contributed by atoms with Gasteiger partial charge in [-0.25, -0.2) is 4.39 Å². The second-order valence-electron chi connectivity index (χ2n) is 6.61. The zero-order valence-corrected chi connectivity index (χ0v) is 15.5. The molecule has 5 heteroatoms. The maximum atomic E-state index is 14.0. The van der Waals surface area contributed by atoms with Gasteiger partial charge in [-0.15, -0.1) is 6.58 Å². The van der Waals surface area contributed by atoms with Crippen LogP contribution in [0.1, 0.15) is 24.1 Å². The van der Waals surface area contributed by atoms with E-state index in [0.29, 0.717) is 25.3 Å². The van der Waals surface area contributed by atoms with Crippen molar-refractivity contribution in [2.75, 3.05) is 26.8 Å². The van der Waals surface area contributed by atoms with E-state index >= 15 is 0 Å². The van der Waals surface area contributed by atoms with Gasteiger partial charge in [-0.2, -0.15) is 0 Å². The number of aromatic nitrogens is 1. The Morgan fingerprint density at radius 2 is 2.12 bits per heavy atom. The standard InChI is InChI=1S/C21H29FN2O2/c1-3-4-10-20(25)17-23(13-14-26-2)16-19-9-7-12-24(19)15-18-8-5-6-11-21(18)22/h3,5-9,11-12,20,25H,1,4,10,13-17H2,2H3/p+1/t20-/m0/s1. The van der Waals surface area contributed by atoms with E-state index in [0.717, 1.165) is 31.6 Å². The fraction of sp³-hybridized carbons (Fsp3) is 0.429. The van der Waals surface area contributed by atoms with Crippen molar-refractivity contribution in [1.82, 2.24) is 4.57 Å². The van der Waals surface area contributed by atoms with Crippen molar-refractivity contribution in [3.8, 4) is 0 Å². The van der Waals surface area contributed by atoms with Crippen LogP contribution in [0.5, 0.6) is 0 Å². The van der Waals surface area contributed by atoms with Crippen LogP contribution in [0, 0.1) is 5.82 Å². The van der Waals surface area contributed by atoms with E-state index in [4.69, 9.17) is 4.74 Å². The highest BCUT2D eigenvalue weighted by Gasteiger charge is 2.17. The predicted octanol–water partition coefficient (Wildman–Crippen LogP) is 2.03. The molecule has 0 amide bonds. The highest BCUT2D eigenvalue weighted by Crippen LogP contribution is 2.11. The minimum absolute atomic E-state index is 0.185. The van der Waals surface area contributed by atoms with Gasteiger partial charge >= 0.3 is 0 Å². The Hall–Kier alpha value is -1.95. The largest absolute Gasteiger partial charge is 0.387 e. The molecule has 1 heterocycles. The summed E-state index contributed by atoms with van der Waals surface area (Å²) in [6.45, 7) is 7.08. The van der Waals surface area contributed by atoms with Gasteiger partial charge in [-0.1, -0.05) is 24.3 Å². The lowest BCUT2D eigenvalue weighted by Gasteiger charge is -2.23. The summed E-state index contributed by atoms with van der Waals surface area (Å²) in [7, 11) is 1.69. The van der Waals surface area contributed by atoms with Crippen LogP contribution >= 0.6 is 0 Å². The molecule has 4 nitrogen and oxygen atoms in total. The highest BCUT2D eigenvalue weighted by atomic mass is 19.1. The fourth-order valence-corrected chi connectivity index (χ4v) is 3.09. The lowest BCUT2D eigenvalue weighted by Crippen LogP contribution is -3.12. The van der Waals surface area contributed by atoms with E-state index in [1.54, 1.807) is 13.2 Å². The third-order valence-electron chi connectivity index (χ3n) is 4.54. The second-order valence-corrected chi connectivity index (χ2v) is 6.61. The van der Waals surface area contributed by atoms with Crippen LogP contribution in [-0.2, 0) is 17.8 Å². The van der Waals surface area contributed by atoms with Gasteiger partial charge in [-0.05, 0) is 31.0 Å². The van der Waals surface area contributed by atoms with E-state index in [2.05, 4.69) is 17.2 Å². The van der Waals surface area contributed by atoms with E-state index in [1.165, 1.54) is 11.0 Å². The Balaban J connectivity index is 2.04. The van der Waals surface area contributed by atoms with Crippen LogP contribution in [0.4, 0.5) is 4.39 Å². The molecule has 2 N–H and O–H groups in total. The molecule has 1 aromatic carbocycles. The second kappa shape index (κ2) is 10.9. The third kappa shape index (κ3) is 6.41. The summed E-state index contributed by atoms with van der Waals surface area (Å²) < 4.78 is 21.2. The number of hydrogen-bond acceptors (Lipinski definition) is 2. The average molecular weight is 361 g/mol. The Morgan fingerprint density at radius 3 is 2.85 bits per heavy atom. The quantitative estimate of drug-likeness (QED) is 0.568. The number of hydrogen-bond donors (Lipinski definition) is 2. The Bertz CT molecular complexity index is 672. The van der Waals surface area contributed by atoms with Crippen molar-refractivity contribution < 1.29 is 19.1 Å². The number of aliphatic hydroxyl groups is 1. The summed E-state index contributed by atoms with van der Waals surface area (Å²) in [6.07, 6.45) is 4.97. The Kier molecular flexibility index (Phi) is 8.54. The summed E-state index contributed by atoms with van der Waals surface area (Å²) in [4.78, 5) is 1.25. The molecule has 0 spiro atoms. The molecule has 2 atom stereocenters. The molecular formula is C21H30FN2O2+.